The van der Waals surface area contributed by atoms with Crippen molar-refractivity contribution in [2.45, 2.75) is 69.3 Å². The third-order valence-electron chi connectivity index (χ3n) is 11.1. The molecule has 7 rings (SSSR count). The summed E-state index contributed by atoms with van der Waals surface area (Å²) in [6.07, 6.45) is 12.6. The van der Waals surface area contributed by atoms with Crippen LogP contribution >= 0.6 is 11.6 Å². The summed E-state index contributed by atoms with van der Waals surface area (Å²) >= 11 is 6.45. The molecule has 2 bridgehead atoms. The van der Waals surface area contributed by atoms with Crippen LogP contribution in [0.5, 0.6) is 5.75 Å². The lowest BCUT2D eigenvalue weighted by Gasteiger charge is -2.46. The maximum Gasteiger partial charge on any atom is 0.286 e. The number of carbonyl (C=O) groups excluding carboxylic acids is 2. The summed E-state index contributed by atoms with van der Waals surface area (Å²) in [6, 6.07) is 13.4. The third-order valence-corrected chi connectivity index (χ3v) is 13.1. The Labute approximate surface area is 299 Å². The number of anilines is 1. The molecule has 2 aromatic carbocycles. The summed E-state index contributed by atoms with van der Waals surface area (Å²) in [6.45, 7) is 2.03. The molecule has 1 fully saturated rings. The Morgan fingerprint density at radius 2 is 2.06 bits per heavy atom. The van der Waals surface area contributed by atoms with Gasteiger partial charge in [-0.1, -0.05) is 29.8 Å². The first kappa shape index (κ1) is 34.8. The van der Waals surface area contributed by atoms with Crippen molar-refractivity contribution in [1.82, 2.24) is 14.5 Å². The average molecular weight is 720 g/mol. The fourth-order valence-electron chi connectivity index (χ4n) is 8.23. The van der Waals surface area contributed by atoms with Crippen LogP contribution in [0.25, 0.3) is 0 Å². The predicted molar refractivity (Wildman–Crippen MR) is 195 cm³/mol. The van der Waals surface area contributed by atoms with Crippen molar-refractivity contribution in [3.8, 4) is 5.75 Å². The lowest BCUT2D eigenvalue weighted by molar-refractivity contribution is -0.119. The molecule has 10 nitrogen and oxygen atoms in total. The van der Waals surface area contributed by atoms with Crippen LogP contribution in [0.4, 0.5) is 5.69 Å². The smallest absolute Gasteiger partial charge is 0.286 e. The minimum atomic E-state index is -3.41. The number of hydrogen-bond donors (Lipinski definition) is 1. The number of halogens is 1. The Hall–Kier alpha value is -3.67. The van der Waals surface area contributed by atoms with E-state index < -0.39 is 21.7 Å². The van der Waals surface area contributed by atoms with Crippen LogP contribution in [0.2, 0.25) is 5.02 Å². The fourth-order valence-corrected chi connectivity index (χ4v) is 10.1. The number of fused-ring (bicyclic) bond motifs is 4. The summed E-state index contributed by atoms with van der Waals surface area (Å²) in [5.74, 6) is 0.477. The number of benzene rings is 2. The zero-order valence-corrected chi connectivity index (χ0v) is 30.4. The standard InChI is InChI=1S/C38H46ClN5O5S/c1-43-30(17-19-40-43)12-16-36(45)41-50(47)20-5-3-4-8-34(48-2)31-13-9-28(31)23-44-24-38(18-6-7-26-21-29(39)11-14-32(26)38)25-49-35-15-10-27(22-33(35)44)37(46)42-50/h4,8,10-11,14-15,17,19,21-22,28,31,34H,3,5-7,9,12-13,16,18,20,23-25H2,1-2H3,(H,41,42,45,46,47)/b8-4-/t28-,31+,34-,38-,50?/m0/s1. The molecule has 4 aliphatic rings. The number of aromatic nitrogens is 2. The van der Waals surface area contributed by atoms with Crippen molar-refractivity contribution >= 4 is 39.0 Å². The van der Waals surface area contributed by atoms with Gasteiger partial charge in [0.1, 0.15) is 15.7 Å². The first-order valence-electron chi connectivity index (χ1n) is 17.7. The maximum atomic E-state index is 14.3. The number of ether oxygens (including phenoxy) is 2. The van der Waals surface area contributed by atoms with Crippen molar-refractivity contribution in [2.75, 3.05) is 37.5 Å². The molecular formula is C38H46ClN5O5S. The molecule has 0 radical (unpaired) electrons. The zero-order chi connectivity index (χ0) is 34.9. The van der Waals surface area contributed by atoms with E-state index in [2.05, 4.69) is 43.4 Å². The van der Waals surface area contributed by atoms with Gasteiger partial charge in [0, 0.05) is 61.6 Å². The molecule has 2 amide bonds. The number of nitrogens with one attached hydrogen (secondary N) is 1. The Morgan fingerprint density at radius 3 is 2.84 bits per heavy atom. The molecule has 2 aliphatic heterocycles. The van der Waals surface area contributed by atoms with E-state index >= 15 is 0 Å². The first-order valence-corrected chi connectivity index (χ1v) is 19.8. The monoisotopic (exact) mass is 719 g/mol. The summed E-state index contributed by atoms with van der Waals surface area (Å²) in [5, 5.41) is 4.90. The van der Waals surface area contributed by atoms with E-state index in [0.29, 0.717) is 49.0 Å². The Kier molecular flexibility index (Phi) is 10.1. The summed E-state index contributed by atoms with van der Waals surface area (Å²) < 4.78 is 35.5. The quantitative estimate of drug-likeness (QED) is 0.312. The Balaban J connectivity index is 1.24. The van der Waals surface area contributed by atoms with Crippen LogP contribution in [-0.2, 0) is 44.8 Å². The van der Waals surface area contributed by atoms with E-state index in [1.165, 1.54) is 11.1 Å². The van der Waals surface area contributed by atoms with Gasteiger partial charge in [-0.05, 0) is 111 Å². The Bertz CT molecular complexity index is 1920. The molecule has 1 saturated carbocycles. The highest BCUT2D eigenvalue weighted by Crippen LogP contribution is 2.47. The van der Waals surface area contributed by atoms with E-state index in [1.807, 2.05) is 31.3 Å². The van der Waals surface area contributed by atoms with Gasteiger partial charge in [0.25, 0.3) is 5.91 Å². The summed E-state index contributed by atoms with van der Waals surface area (Å²) in [5.41, 5.74) is 4.32. The van der Waals surface area contributed by atoms with Crippen LogP contribution < -0.4 is 14.4 Å². The van der Waals surface area contributed by atoms with Crippen molar-refractivity contribution in [2.24, 2.45) is 23.2 Å². The van der Waals surface area contributed by atoms with Crippen LogP contribution in [0.3, 0.4) is 0 Å². The highest BCUT2D eigenvalue weighted by molar-refractivity contribution is 7.92. The molecule has 12 heteroatoms. The molecule has 1 spiro atoms. The minimum Gasteiger partial charge on any atom is -0.490 e. The van der Waals surface area contributed by atoms with Gasteiger partial charge in [0.2, 0.25) is 5.91 Å². The molecule has 1 aromatic heterocycles. The number of methoxy groups -OCH3 is 1. The summed E-state index contributed by atoms with van der Waals surface area (Å²) in [7, 11) is 0.166. The highest BCUT2D eigenvalue weighted by Gasteiger charge is 2.44. The topological polar surface area (TPSA) is 115 Å². The number of hydrogen-bond acceptors (Lipinski definition) is 7. The van der Waals surface area contributed by atoms with Crippen LogP contribution in [0, 0.1) is 11.8 Å². The highest BCUT2D eigenvalue weighted by atomic mass is 35.5. The molecule has 266 valence electrons. The SMILES string of the molecule is CO[C@H]1/C=C\CCCS(=O)(NC(=O)CCc2ccnn2C)=NC(=O)c2ccc3c(c2)N(C[C@@H]2CC[C@H]21)C[C@@]1(CCCc2cc(Cl)ccc21)CO3. The van der Waals surface area contributed by atoms with Gasteiger partial charge >= 0.3 is 0 Å². The number of allylic oxidation sites excluding steroid dienone is 1. The van der Waals surface area contributed by atoms with E-state index in [9.17, 15) is 13.8 Å². The summed E-state index contributed by atoms with van der Waals surface area (Å²) in [4.78, 5) is 29.4. The van der Waals surface area contributed by atoms with Crippen LogP contribution in [-0.4, -0.2) is 64.5 Å². The first-order chi connectivity index (χ1) is 24.1. The zero-order valence-electron chi connectivity index (χ0n) is 28.8. The number of amides is 2. The molecule has 0 saturated heterocycles. The van der Waals surface area contributed by atoms with E-state index in [-0.39, 0.29) is 23.7 Å². The second-order valence-electron chi connectivity index (χ2n) is 14.3. The minimum absolute atomic E-state index is 0.0375. The maximum absolute atomic E-state index is 14.3. The third kappa shape index (κ3) is 7.22. The van der Waals surface area contributed by atoms with E-state index in [1.54, 1.807) is 24.1 Å². The fraction of sp³-hybridized carbons (Fsp3) is 0.500. The molecule has 5 atom stereocenters. The van der Waals surface area contributed by atoms with Crippen molar-refractivity contribution in [3.63, 3.8) is 0 Å². The van der Waals surface area contributed by atoms with Gasteiger partial charge in [0.15, 0.2) is 0 Å². The van der Waals surface area contributed by atoms with Crippen molar-refractivity contribution in [3.05, 3.63) is 88.2 Å². The van der Waals surface area contributed by atoms with Gasteiger partial charge in [-0.2, -0.15) is 5.10 Å². The van der Waals surface area contributed by atoms with Gasteiger partial charge in [-0.25, -0.2) is 4.21 Å². The van der Waals surface area contributed by atoms with Crippen molar-refractivity contribution in [1.29, 1.82) is 0 Å². The lowest BCUT2D eigenvalue weighted by Crippen LogP contribution is -2.49. The number of aryl methyl sites for hydroxylation is 3. The lowest BCUT2D eigenvalue weighted by atomic mass is 9.68. The average Bonchev–Trinajstić information content (AvgIpc) is 3.43. The number of rotatable bonds is 5. The molecule has 3 heterocycles. The van der Waals surface area contributed by atoms with E-state index in [4.69, 9.17) is 21.1 Å². The van der Waals surface area contributed by atoms with Gasteiger partial charge < -0.3 is 14.4 Å². The Morgan fingerprint density at radius 1 is 1.18 bits per heavy atom. The second kappa shape index (κ2) is 14.5. The molecule has 50 heavy (non-hydrogen) atoms. The molecule has 1 unspecified atom stereocenters. The van der Waals surface area contributed by atoms with Gasteiger partial charge in [-0.3, -0.25) is 19.0 Å². The molecule has 2 aliphatic carbocycles. The predicted octanol–water partition coefficient (Wildman–Crippen LogP) is 6.21. The molecule has 3 aromatic rings. The van der Waals surface area contributed by atoms with Gasteiger partial charge in [-0.15, -0.1) is 4.36 Å². The molecular weight excluding hydrogens is 674 g/mol. The van der Waals surface area contributed by atoms with Crippen LogP contribution in [0.1, 0.15) is 72.1 Å². The second-order valence-corrected chi connectivity index (χ2v) is 16.8. The van der Waals surface area contributed by atoms with Crippen molar-refractivity contribution < 1.29 is 23.3 Å². The van der Waals surface area contributed by atoms with Crippen LogP contribution in [0.15, 0.2) is 65.2 Å². The normalized spacial score (nSPS) is 28.7. The number of nitrogens with zero attached hydrogens (tertiary/aromatic N) is 4. The van der Waals surface area contributed by atoms with E-state index in [0.717, 1.165) is 61.6 Å². The largest absolute Gasteiger partial charge is 0.490 e. The number of carbonyl (C=O) groups is 2. The molecule has 1 N–H and O–H groups in total. The van der Waals surface area contributed by atoms with Gasteiger partial charge in [0.05, 0.1) is 24.2 Å².